The average molecular weight is 548 g/mol. The fourth-order valence-corrected chi connectivity index (χ4v) is 4.94. The topological polar surface area (TPSA) is 112 Å². The van der Waals surface area contributed by atoms with E-state index in [1.54, 1.807) is 42.9 Å². The number of Topliss-reactive ketones (excluding diaryl/α,β-unsaturated/α-hetero) is 1. The highest BCUT2D eigenvalue weighted by atomic mass is 16.6. The van der Waals surface area contributed by atoms with Gasteiger partial charge in [0.1, 0.15) is 19.0 Å². The number of nitrogens with zero attached hydrogens (tertiary/aromatic N) is 3. The highest BCUT2D eigenvalue weighted by Gasteiger charge is 2.46. The van der Waals surface area contributed by atoms with Crippen LogP contribution in [0.15, 0.2) is 60.7 Å². The molecule has 2 aliphatic heterocycles. The number of carbonyl (C=O) groups is 2. The SMILES string of the molecule is CCCOc1ccc([C@@H]2C(=C(O)c3ccc4c(c3)OCCO4)C(=O)C(=O)N2CCCn2ccnc2)cc1OCC. The first-order valence-corrected chi connectivity index (χ1v) is 13.6. The molecule has 0 bridgehead atoms. The zero-order valence-electron chi connectivity index (χ0n) is 22.7. The molecular formula is C30H33N3O7. The van der Waals surface area contributed by atoms with Crippen molar-refractivity contribution in [1.29, 1.82) is 0 Å². The van der Waals surface area contributed by atoms with E-state index in [-0.39, 0.29) is 11.3 Å². The highest BCUT2D eigenvalue weighted by Crippen LogP contribution is 2.43. The van der Waals surface area contributed by atoms with Crippen molar-refractivity contribution in [3.8, 4) is 23.0 Å². The second-order valence-corrected chi connectivity index (χ2v) is 9.49. The zero-order valence-corrected chi connectivity index (χ0v) is 22.7. The third-order valence-electron chi connectivity index (χ3n) is 6.78. The number of aliphatic hydroxyl groups is 1. The molecule has 0 radical (unpaired) electrons. The van der Waals surface area contributed by atoms with Crippen LogP contribution >= 0.6 is 0 Å². The summed E-state index contributed by atoms with van der Waals surface area (Å²) in [6.45, 7) is 6.55. The molecule has 0 unspecified atom stereocenters. The van der Waals surface area contributed by atoms with E-state index in [1.807, 2.05) is 30.7 Å². The molecular weight excluding hydrogens is 514 g/mol. The summed E-state index contributed by atoms with van der Waals surface area (Å²) in [4.78, 5) is 32.4. The van der Waals surface area contributed by atoms with E-state index in [0.29, 0.717) is 80.1 Å². The summed E-state index contributed by atoms with van der Waals surface area (Å²) in [6.07, 6.45) is 6.66. The number of ether oxygens (including phenoxy) is 4. The Morgan fingerprint density at radius 3 is 2.60 bits per heavy atom. The summed E-state index contributed by atoms with van der Waals surface area (Å²) in [7, 11) is 0. The first-order chi connectivity index (χ1) is 19.5. The standard InChI is InChI=1S/C30H33N3O7/c1-3-14-38-22-8-6-20(17-24(22)37-4-2)27-26(28(34)21-7-9-23-25(18-21)40-16-15-39-23)29(35)30(36)33(27)12-5-11-32-13-10-31-19-32/h6-10,13,17-19,27,34H,3-5,11-12,14-16H2,1-2H3/t27-/m1/s1. The molecule has 0 aliphatic carbocycles. The number of aryl methyl sites for hydroxylation is 1. The molecule has 0 saturated carbocycles. The van der Waals surface area contributed by atoms with Gasteiger partial charge < -0.3 is 33.5 Å². The van der Waals surface area contributed by atoms with Crippen molar-refractivity contribution in [1.82, 2.24) is 14.5 Å². The van der Waals surface area contributed by atoms with Crippen LogP contribution in [0.3, 0.4) is 0 Å². The van der Waals surface area contributed by atoms with Gasteiger partial charge in [-0.1, -0.05) is 13.0 Å². The zero-order chi connectivity index (χ0) is 28.1. The third-order valence-corrected chi connectivity index (χ3v) is 6.78. The Kier molecular flexibility index (Phi) is 8.23. The molecule has 2 aliphatic rings. The van der Waals surface area contributed by atoms with E-state index in [2.05, 4.69) is 4.98 Å². The van der Waals surface area contributed by atoms with Crippen molar-refractivity contribution in [2.24, 2.45) is 0 Å². The summed E-state index contributed by atoms with van der Waals surface area (Å²) in [6, 6.07) is 9.52. The number of ketones is 1. The van der Waals surface area contributed by atoms with Crippen LogP contribution in [-0.2, 0) is 16.1 Å². The highest BCUT2D eigenvalue weighted by molar-refractivity contribution is 6.46. The molecule has 5 rings (SSSR count). The Hall–Kier alpha value is -4.47. The third kappa shape index (κ3) is 5.47. The van der Waals surface area contributed by atoms with Crippen molar-refractivity contribution in [3.63, 3.8) is 0 Å². The molecule has 1 fully saturated rings. The second-order valence-electron chi connectivity index (χ2n) is 9.49. The van der Waals surface area contributed by atoms with Gasteiger partial charge in [0.15, 0.2) is 23.0 Å². The molecule has 210 valence electrons. The quantitative estimate of drug-likeness (QED) is 0.214. The lowest BCUT2D eigenvalue weighted by molar-refractivity contribution is -0.139. The van der Waals surface area contributed by atoms with Gasteiger partial charge in [-0.25, -0.2) is 4.98 Å². The monoisotopic (exact) mass is 547 g/mol. The molecule has 10 nitrogen and oxygen atoms in total. The van der Waals surface area contributed by atoms with E-state index < -0.39 is 17.7 Å². The van der Waals surface area contributed by atoms with Crippen molar-refractivity contribution >= 4 is 17.4 Å². The maximum absolute atomic E-state index is 13.5. The molecule has 1 aromatic heterocycles. The fraction of sp³-hybridized carbons (Fsp3) is 0.367. The van der Waals surface area contributed by atoms with Crippen LogP contribution in [0.2, 0.25) is 0 Å². The fourth-order valence-electron chi connectivity index (χ4n) is 4.94. The second kappa shape index (κ2) is 12.1. The Morgan fingerprint density at radius 1 is 1.02 bits per heavy atom. The van der Waals surface area contributed by atoms with Gasteiger partial charge in [0.25, 0.3) is 11.7 Å². The molecule has 1 saturated heterocycles. The largest absolute Gasteiger partial charge is 0.507 e. The predicted molar refractivity (Wildman–Crippen MR) is 147 cm³/mol. The van der Waals surface area contributed by atoms with E-state index in [4.69, 9.17) is 18.9 Å². The first-order valence-electron chi connectivity index (χ1n) is 13.6. The van der Waals surface area contributed by atoms with Gasteiger partial charge in [0.2, 0.25) is 0 Å². The number of likely N-dealkylation sites (tertiary alicyclic amines) is 1. The molecule has 1 atom stereocenters. The number of fused-ring (bicyclic) bond motifs is 1. The summed E-state index contributed by atoms with van der Waals surface area (Å²) in [5.74, 6) is 0.430. The van der Waals surface area contributed by atoms with Crippen LogP contribution in [-0.4, -0.2) is 64.2 Å². The van der Waals surface area contributed by atoms with Crippen molar-refractivity contribution in [3.05, 3.63) is 71.8 Å². The van der Waals surface area contributed by atoms with Crippen LogP contribution in [0.5, 0.6) is 23.0 Å². The van der Waals surface area contributed by atoms with Gasteiger partial charge in [-0.15, -0.1) is 0 Å². The molecule has 2 aromatic carbocycles. The minimum Gasteiger partial charge on any atom is -0.507 e. The molecule has 3 heterocycles. The molecule has 0 spiro atoms. The van der Waals surface area contributed by atoms with Gasteiger partial charge in [0, 0.05) is 31.0 Å². The van der Waals surface area contributed by atoms with Crippen LogP contribution < -0.4 is 18.9 Å². The molecule has 3 aromatic rings. The van der Waals surface area contributed by atoms with Crippen molar-refractivity contribution in [2.45, 2.75) is 39.3 Å². The van der Waals surface area contributed by atoms with E-state index in [0.717, 1.165) is 6.42 Å². The van der Waals surface area contributed by atoms with Crippen LogP contribution in [0.4, 0.5) is 0 Å². The van der Waals surface area contributed by atoms with Gasteiger partial charge >= 0.3 is 0 Å². The Labute approximate surface area is 232 Å². The maximum Gasteiger partial charge on any atom is 0.295 e. The number of hydrogen-bond donors (Lipinski definition) is 1. The predicted octanol–water partition coefficient (Wildman–Crippen LogP) is 4.35. The van der Waals surface area contributed by atoms with Crippen LogP contribution in [0.1, 0.15) is 43.9 Å². The van der Waals surface area contributed by atoms with Gasteiger partial charge in [-0.3, -0.25) is 9.59 Å². The normalized spacial score (nSPS) is 17.8. The number of amides is 1. The average Bonchev–Trinajstić information content (AvgIpc) is 3.58. The maximum atomic E-state index is 13.5. The Morgan fingerprint density at radius 2 is 1.85 bits per heavy atom. The lowest BCUT2D eigenvalue weighted by Gasteiger charge is -2.26. The van der Waals surface area contributed by atoms with Gasteiger partial charge in [0.05, 0.1) is 31.2 Å². The number of aliphatic hydroxyl groups excluding tert-OH is 1. The van der Waals surface area contributed by atoms with Crippen LogP contribution in [0, 0.1) is 0 Å². The summed E-state index contributed by atoms with van der Waals surface area (Å²) < 4.78 is 24.9. The lowest BCUT2D eigenvalue weighted by Crippen LogP contribution is -2.31. The van der Waals surface area contributed by atoms with Crippen molar-refractivity contribution < 1.29 is 33.6 Å². The van der Waals surface area contributed by atoms with Crippen LogP contribution in [0.25, 0.3) is 5.76 Å². The van der Waals surface area contributed by atoms with E-state index >= 15 is 0 Å². The Bertz CT molecular complexity index is 1400. The number of benzene rings is 2. The minimum absolute atomic E-state index is 0.00832. The minimum atomic E-state index is -0.824. The number of imidazole rings is 1. The number of hydrogen-bond acceptors (Lipinski definition) is 8. The van der Waals surface area contributed by atoms with E-state index in [9.17, 15) is 14.7 Å². The van der Waals surface area contributed by atoms with Gasteiger partial charge in [-0.05, 0) is 55.7 Å². The Balaban J connectivity index is 1.56. The lowest BCUT2D eigenvalue weighted by atomic mass is 9.94. The number of rotatable bonds is 11. The summed E-state index contributed by atoms with van der Waals surface area (Å²) >= 11 is 0. The smallest absolute Gasteiger partial charge is 0.295 e. The molecule has 1 N–H and O–H groups in total. The summed E-state index contributed by atoms with van der Waals surface area (Å²) in [5.41, 5.74) is 1.00. The molecule has 1 amide bonds. The van der Waals surface area contributed by atoms with Crippen molar-refractivity contribution in [2.75, 3.05) is 33.0 Å². The summed E-state index contributed by atoms with van der Waals surface area (Å²) in [5, 5.41) is 11.5. The molecule has 10 heteroatoms. The van der Waals surface area contributed by atoms with Gasteiger partial charge in [-0.2, -0.15) is 0 Å². The molecule has 40 heavy (non-hydrogen) atoms. The number of aromatic nitrogens is 2. The number of carbonyl (C=O) groups excluding carboxylic acids is 2. The van der Waals surface area contributed by atoms with E-state index in [1.165, 1.54) is 4.90 Å². The first kappa shape index (κ1) is 27.1.